The van der Waals surface area contributed by atoms with Crippen LogP contribution in [0.4, 0.5) is 10.8 Å². The monoisotopic (exact) mass is 438 g/mol. The van der Waals surface area contributed by atoms with Gasteiger partial charge in [-0.2, -0.15) is 0 Å². The Hall–Kier alpha value is -1.41. The van der Waals surface area contributed by atoms with Crippen molar-refractivity contribution >= 4 is 64.5 Å². The highest BCUT2D eigenvalue weighted by Crippen LogP contribution is 2.30. The van der Waals surface area contributed by atoms with Crippen molar-refractivity contribution < 1.29 is 9.53 Å². The van der Waals surface area contributed by atoms with E-state index in [9.17, 15) is 4.79 Å². The zero-order valence-corrected chi connectivity index (χ0v) is 17.4. The maximum atomic E-state index is 12.9. The number of hydrogen-bond donors (Lipinski definition) is 1. The Bertz CT molecular complexity index is 731. The van der Waals surface area contributed by atoms with Gasteiger partial charge in [0.05, 0.1) is 23.4 Å². The smallest absolute Gasteiger partial charge is 0.257 e. The highest BCUT2D eigenvalue weighted by atomic mass is 35.5. The summed E-state index contributed by atoms with van der Waals surface area (Å²) in [6.07, 6.45) is 2.69. The van der Waals surface area contributed by atoms with E-state index in [2.05, 4.69) is 9.88 Å². The third kappa shape index (κ3) is 4.85. The SMILES string of the molecule is COc1cc(N)c(Cl)cc1C(=O)N1CCCN(c2nccs2)CC1.Cl.Cl. The average Bonchev–Trinajstić information content (AvgIpc) is 3.01. The van der Waals surface area contributed by atoms with Gasteiger partial charge in [0.15, 0.2) is 5.13 Å². The fourth-order valence-corrected chi connectivity index (χ4v) is 3.62. The predicted molar refractivity (Wildman–Crippen MR) is 112 cm³/mol. The predicted octanol–water partition coefficient (Wildman–Crippen LogP) is 3.58. The molecule has 26 heavy (non-hydrogen) atoms. The Balaban J connectivity index is 0.00000169. The van der Waals surface area contributed by atoms with Gasteiger partial charge in [0.25, 0.3) is 5.91 Å². The number of rotatable bonds is 3. The molecule has 0 radical (unpaired) electrons. The first-order valence-corrected chi connectivity index (χ1v) is 8.92. The molecule has 3 rings (SSSR count). The van der Waals surface area contributed by atoms with E-state index in [0.717, 1.165) is 24.6 Å². The molecule has 0 atom stereocenters. The number of nitrogen functional groups attached to an aromatic ring is 1. The summed E-state index contributed by atoms with van der Waals surface area (Å²) in [6, 6.07) is 3.18. The number of carbonyl (C=O) groups excluding carboxylic acids is 1. The van der Waals surface area contributed by atoms with Crippen molar-refractivity contribution in [3.8, 4) is 5.75 Å². The number of benzene rings is 1. The Labute approximate surface area is 174 Å². The summed E-state index contributed by atoms with van der Waals surface area (Å²) in [5.41, 5.74) is 6.63. The van der Waals surface area contributed by atoms with Gasteiger partial charge in [0.1, 0.15) is 5.75 Å². The quantitative estimate of drug-likeness (QED) is 0.740. The molecular formula is C16H21Cl3N4O2S. The molecule has 10 heteroatoms. The average molecular weight is 440 g/mol. The number of amides is 1. The number of methoxy groups -OCH3 is 1. The molecule has 1 aliphatic rings. The normalized spacial score (nSPS) is 14.1. The summed E-state index contributed by atoms with van der Waals surface area (Å²) in [6.45, 7) is 2.95. The van der Waals surface area contributed by atoms with Crippen LogP contribution in [0.25, 0.3) is 0 Å². The third-order valence-corrected chi connectivity index (χ3v) is 5.18. The number of thiazole rings is 1. The minimum absolute atomic E-state index is 0. The number of hydrogen-bond acceptors (Lipinski definition) is 6. The van der Waals surface area contributed by atoms with Gasteiger partial charge in [-0.15, -0.1) is 36.2 Å². The van der Waals surface area contributed by atoms with E-state index < -0.39 is 0 Å². The number of ether oxygens (including phenoxy) is 1. The molecule has 0 aliphatic carbocycles. The van der Waals surface area contributed by atoms with Gasteiger partial charge in [-0.05, 0) is 12.5 Å². The fourth-order valence-electron chi connectivity index (χ4n) is 2.76. The molecule has 1 saturated heterocycles. The second kappa shape index (κ2) is 10.1. The minimum atomic E-state index is -0.0882. The third-order valence-electron chi connectivity index (χ3n) is 4.02. The summed E-state index contributed by atoms with van der Waals surface area (Å²) in [4.78, 5) is 21.3. The van der Waals surface area contributed by atoms with Crippen LogP contribution in [0.2, 0.25) is 5.02 Å². The zero-order valence-electron chi connectivity index (χ0n) is 14.2. The molecule has 6 nitrogen and oxygen atoms in total. The molecule has 0 bridgehead atoms. The second-order valence-electron chi connectivity index (χ2n) is 5.52. The first kappa shape index (κ1) is 22.6. The van der Waals surface area contributed by atoms with E-state index >= 15 is 0 Å². The minimum Gasteiger partial charge on any atom is -0.496 e. The van der Waals surface area contributed by atoms with Crippen LogP contribution in [-0.4, -0.2) is 49.1 Å². The second-order valence-corrected chi connectivity index (χ2v) is 6.80. The summed E-state index contributed by atoms with van der Waals surface area (Å²) in [5.74, 6) is 0.359. The van der Waals surface area contributed by atoms with Gasteiger partial charge in [-0.1, -0.05) is 11.6 Å². The molecule has 1 aromatic carbocycles. The van der Waals surface area contributed by atoms with Crippen molar-refractivity contribution in [1.82, 2.24) is 9.88 Å². The number of carbonyl (C=O) groups is 1. The Morgan fingerprint density at radius 1 is 1.27 bits per heavy atom. The lowest BCUT2D eigenvalue weighted by atomic mass is 10.1. The molecule has 0 unspecified atom stereocenters. The van der Waals surface area contributed by atoms with E-state index in [0.29, 0.717) is 35.1 Å². The Kier molecular flexibility index (Phi) is 8.76. The van der Waals surface area contributed by atoms with Crippen LogP contribution in [0.15, 0.2) is 23.7 Å². The van der Waals surface area contributed by atoms with Gasteiger partial charge >= 0.3 is 0 Å². The van der Waals surface area contributed by atoms with E-state index in [1.807, 2.05) is 10.3 Å². The van der Waals surface area contributed by atoms with Gasteiger partial charge in [0, 0.05) is 43.8 Å². The first-order chi connectivity index (χ1) is 11.6. The summed E-state index contributed by atoms with van der Waals surface area (Å²) in [5, 5.41) is 3.32. The van der Waals surface area contributed by atoms with Crippen molar-refractivity contribution in [2.45, 2.75) is 6.42 Å². The fraction of sp³-hybridized carbons (Fsp3) is 0.375. The van der Waals surface area contributed by atoms with Crippen LogP contribution in [0.3, 0.4) is 0 Å². The van der Waals surface area contributed by atoms with Crippen molar-refractivity contribution in [2.24, 2.45) is 0 Å². The van der Waals surface area contributed by atoms with Crippen LogP contribution >= 0.6 is 47.8 Å². The molecular weight excluding hydrogens is 419 g/mol. The molecule has 144 valence electrons. The van der Waals surface area contributed by atoms with Crippen molar-refractivity contribution in [3.05, 3.63) is 34.3 Å². The maximum Gasteiger partial charge on any atom is 0.257 e. The van der Waals surface area contributed by atoms with E-state index in [4.69, 9.17) is 22.1 Å². The van der Waals surface area contributed by atoms with Crippen molar-refractivity contribution in [2.75, 3.05) is 43.9 Å². The van der Waals surface area contributed by atoms with Gasteiger partial charge < -0.3 is 20.3 Å². The van der Waals surface area contributed by atoms with Crippen LogP contribution < -0.4 is 15.4 Å². The van der Waals surface area contributed by atoms with Crippen LogP contribution in [0.5, 0.6) is 5.75 Å². The lowest BCUT2D eigenvalue weighted by molar-refractivity contribution is 0.0763. The number of aromatic nitrogens is 1. The lowest BCUT2D eigenvalue weighted by Crippen LogP contribution is -2.35. The molecule has 1 amide bonds. The van der Waals surface area contributed by atoms with Gasteiger partial charge in [-0.25, -0.2) is 4.98 Å². The molecule has 2 heterocycles. The Morgan fingerprint density at radius 2 is 2.04 bits per heavy atom. The highest BCUT2D eigenvalue weighted by molar-refractivity contribution is 7.13. The van der Waals surface area contributed by atoms with Gasteiger partial charge in [0.2, 0.25) is 0 Å². The molecule has 2 N–H and O–H groups in total. The molecule has 0 saturated carbocycles. The Morgan fingerprint density at radius 3 is 2.69 bits per heavy atom. The molecule has 1 aliphatic heterocycles. The van der Waals surface area contributed by atoms with Crippen LogP contribution in [0.1, 0.15) is 16.8 Å². The van der Waals surface area contributed by atoms with Crippen molar-refractivity contribution in [3.63, 3.8) is 0 Å². The van der Waals surface area contributed by atoms with Crippen LogP contribution in [-0.2, 0) is 0 Å². The number of anilines is 2. The summed E-state index contributed by atoms with van der Waals surface area (Å²) in [7, 11) is 1.52. The number of halogens is 3. The summed E-state index contributed by atoms with van der Waals surface area (Å²) >= 11 is 7.70. The number of nitrogens with zero attached hydrogens (tertiary/aromatic N) is 3. The van der Waals surface area contributed by atoms with E-state index in [1.54, 1.807) is 29.7 Å². The lowest BCUT2D eigenvalue weighted by Gasteiger charge is -2.22. The van der Waals surface area contributed by atoms with Crippen LogP contribution in [0, 0.1) is 0 Å². The van der Waals surface area contributed by atoms with Gasteiger partial charge in [-0.3, -0.25) is 4.79 Å². The molecule has 1 aromatic heterocycles. The highest BCUT2D eigenvalue weighted by Gasteiger charge is 2.24. The van der Waals surface area contributed by atoms with E-state index in [-0.39, 0.29) is 30.7 Å². The van der Waals surface area contributed by atoms with E-state index in [1.165, 1.54) is 7.11 Å². The zero-order chi connectivity index (χ0) is 17.1. The number of nitrogens with two attached hydrogens (primary N) is 1. The van der Waals surface area contributed by atoms with Crippen molar-refractivity contribution in [1.29, 1.82) is 0 Å². The maximum absolute atomic E-state index is 12.9. The molecule has 0 spiro atoms. The summed E-state index contributed by atoms with van der Waals surface area (Å²) < 4.78 is 5.30. The largest absolute Gasteiger partial charge is 0.496 e. The molecule has 1 fully saturated rings. The standard InChI is InChI=1S/C16H19ClN4O2S.2ClH/c1-23-14-10-13(18)12(17)9-11(14)15(22)20-4-2-5-21(7-6-20)16-19-3-8-24-16;;/h3,8-10H,2,4-7,18H2,1H3;2*1H. The molecule has 2 aromatic rings. The first-order valence-electron chi connectivity index (χ1n) is 7.67. The topological polar surface area (TPSA) is 71.7 Å².